The molecule has 0 spiro atoms. The summed E-state index contributed by atoms with van der Waals surface area (Å²) in [4.78, 5) is 4.35. The van der Waals surface area contributed by atoms with E-state index in [-0.39, 0.29) is 24.0 Å². The van der Waals surface area contributed by atoms with Gasteiger partial charge in [-0.15, -0.1) is 24.0 Å². The third-order valence-electron chi connectivity index (χ3n) is 4.66. The second-order valence-corrected chi connectivity index (χ2v) is 7.44. The number of thioether (sulfide) groups is 1. The summed E-state index contributed by atoms with van der Waals surface area (Å²) in [5.41, 5.74) is 1.25. The highest BCUT2D eigenvalue weighted by atomic mass is 127. The van der Waals surface area contributed by atoms with Gasteiger partial charge in [-0.2, -0.15) is 11.8 Å². The Morgan fingerprint density at radius 3 is 2.62 bits per heavy atom. The summed E-state index contributed by atoms with van der Waals surface area (Å²) in [5.74, 6) is 2.48. The molecule has 0 radical (unpaired) electrons. The van der Waals surface area contributed by atoms with E-state index in [1.165, 1.54) is 24.8 Å². The Morgan fingerprint density at radius 2 is 2.00 bits per heavy atom. The van der Waals surface area contributed by atoms with E-state index in [0.717, 1.165) is 42.1 Å². The van der Waals surface area contributed by atoms with Crippen molar-refractivity contribution >= 4 is 41.7 Å². The third kappa shape index (κ3) is 7.06. The monoisotopic (exact) mass is 493 g/mol. The van der Waals surface area contributed by atoms with Gasteiger partial charge in [0.1, 0.15) is 0 Å². The molecule has 2 atom stereocenters. The van der Waals surface area contributed by atoms with E-state index in [2.05, 4.69) is 27.9 Å². The number of rotatable bonds is 8. The number of hydrogen-bond donors (Lipinski definition) is 2. The van der Waals surface area contributed by atoms with Gasteiger partial charge in [-0.1, -0.05) is 6.07 Å². The second-order valence-electron chi connectivity index (χ2n) is 6.30. The number of aryl methyl sites for hydroxylation is 1. The fraction of sp³-hybridized carbons (Fsp3) is 0.632. The van der Waals surface area contributed by atoms with E-state index in [4.69, 9.17) is 9.47 Å². The van der Waals surface area contributed by atoms with Crippen LogP contribution < -0.4 is 20.1 Å². The van der Waals surface area contributed by atoms with Crippen LogP contribution in [-0.4, -0.2) is 51.3 Å². The summed E-state index contributed by atoms with van der Waals surface area (Å²) < 4.78 is 10.6. The summed E-state index contributed by atoms with van der Waals surface area (Å²) in [6.45, 7) is 0.896. The standard InChI is InChI=1S/C19H31N3O2S.HI/c1-20-19(22-15-8-9-16(13-15)25-4)21-11-5-6-14-7-10-17(23-2)18(12-14)24-3;/h7,10,12,15-16H,5-6,8-9,11,13H2,1-4H3,(H2,20,21,22);1H. The molecule has 2 unspecified atom stereocenters. The molecule has 5 nitrogen and oxygen atoms in total. The molecule has 0 heterocycles. The lowest BCUT2D eigenvalue weighted by atomic mass is 10.1. The summed E-state index contributed by atoms with van der Waals surface area (Å²) in [5, 5.41) is 7.77. The molecule has 1 aromatic carbocycles. The van der Waals surface area contributed by atoms with Gasteiger partial charge in [0, 0.05) is 24.9 Å². The molecule has 0 amide bonds. The predicted molar refractivity (Wildman–Crippen MR) is 123 cm³/mol. The molecule has 2 rings (SSSR count). The Bertz CT molecular complexity index is 572. The minimum absolute atomic E-state index is 0. The quantitative estimate of drug-likeness (QED) is 0.250. The number of nitrogens with zero attached hydrogens (tertiary/aromatic N) is 1. The zero-order valence-electron chi connectivity index (χ0n) is 16.2. The van der Waals surface area contributed by atoms with Crippen molar-refractivity contribution in [3.05, 3.63) is 23.8 Å². The fourth-order valence-corrected chi connectivity index (χ4v) is 4.01. The highest BCUT2D eigenvalue weighted by Gasteiger charge is 2.24. The zero-order valence-corrected chi connectivity index (χ0v) is 19.4. The lowest BCUT2D eigenvalue weighted by molar-refractivity contribution is 0.354. The zero-order chi connectivity index (χ0) is 18.1. The first kappa shape index (κ1) is 23.2. The van der Waals surface area contributed by atoms with Gasteiger partial charge in [0.25, 0.3) is 0 Å². The molecule has 0 bridgehead atoms. The van der Waals surface area contributed by atoms with Crippen LogP contribution in [0.25, 0.3) is 0 Å². The fourth-order valence-electron chi connectivity index (χ4n) is 3.21. The molecule has 1 aromatic rings. The molecule has 1 aliphatic carbocycles. The molecule has 0 aromatic heterocycles. The largest absolute Gasteiger partial charge is 0.493 e. The first-order chi connectivity index (χ1) is 12.2. The van der Waals surface area contributed by atoms with Gasteiger partial charge >= 0.3 is 0 Å². The van der Waals surface area contributed by atoms with Crippen LogP contribution in [0.3, 0.4) is 0 Å². The maximum absolute atomic E-state index is 5.36. The van der Waals surface area contributed by atoms with Crippen LogP contribution in [0.4, 0.5) is 0 Å². The van der Waals surface area contributed by atoms with E-state index in [1.807, 2.05) is 30.9 Å². The summed E-state index contributed by atoms with van der Waals surface area (Å²) in [6.07, 6.45) is 7.99. The number of ether oxygens (including phenoxy) is 2. The van der Waals surface area contributed by atoms with E-state index < -0.39 is 0 Å². The highest BCUT2D eigenvalue weighted by Crippen LogP contribution is 2.28. The van der Waals surface area contributed by atoms with E-state index in [9.17, 15) is 0 Å². The Kier molecular flexibility index (Phi) is 11.2. The molecule has 7 heteroatoms. The Hall–Kier alpha value is -0.830. The molecule has 26 heavy (non-hydrogen) atoms. The second kappa shape index (κ2) is 12.5. The molecule has 148 valence electrons. The topological polar surface area (TPSA) is 54.9 Å². The van der Waals surface area contributed by atoms with Gasteiger partial charge in [-0.25, -0.2) is 0 Å². The minimum Gasteiger partial charge on any atom is -0.493 e. The molecular formula is C19H32IN3O2S. The average Bonchev–Trinajstić information content (AvgIpc) is 3.11. The molecule has 1 saturated carbocycles. The smallest absolute Gasteiger partial charge is 0.191 e. The van der Waals surface area contributed by atoms with Crippen molar-refractivity contribution in [1.29, 1.82) is 0 Å². The number of benzene rings is 1. The van der Waals surface area contributed by atoms with Crippen molar-refractivity contribution < 1.29 is 9.47 Å². The average molecular weight is 493 g/mol. The van der Waals surface area contributed by atoms with Crippen LogP contribution in [-0.2, 0) is 6.42 Å². The van der Waals surface area contributed by atoms with Crippen LogP contribution in [0, 0.1) is 0 Å². The van der Waals surface area contributed by atoms with E-state index in [1.54, 1.807) is 14.2 Å². The van der Waals surface area contributed by atoms with Gasteiger partial charge in [0.2, 0.25) is 0 Å². The van der Waals surface area contributed by atoms with E-state index >= 15 is 0 Å². The van der Waals surface area contributed by atoms with Gasteiger partial charge in [0.15, 0.2) is 17.5 Å². The number of halogens is 1. The maximum atomic E-state index is 5.36. The Morgan fingerprint density at radius 1 is 1.23 bits per heavy atom. The van der Waals surface area contributed by atoms with Crippen LogP contribution in [0.1, 0.15) is 31.2 Å². The first-order valence-electron chi connectivity index (χ1n) is 8.91. The minimum atomic E-state index is 0. The summed E-state index contributed by atoms with van der Waals surface area (Å²) in [6, 6.07) is 6.65. The van der Waals surface area contributed by atoms with Gasteiger partial charge in [0.05, 0.1) is 14.2 Å². The maximum Gasteiger partial charge on any atom is 0.191 e. The van der Waals surface area contributed by atoms with Crippen molar-refractivity contribution in [2.45, 2.75) is 43.4 Å². The van der Waals surface area contributed by atoms with Gasteiger partial charge < -0.3 is 20.1 Å². The van der Waals surface area contributed by atoms with Gasteiger partial charge in [-0.3, -0.25) is 4.99 Å². The molecule has 0 saturated heterocycles. The SMILES string of the molecule is CN=C(NCCCc1ccc(OC)c(OC)c1)NC1CCC(SC)C1.I. The molecular weight excluding hydrogens is 461 g/mol. The van der Waals surface area contributed by atoms with Crippen LogP contribution >= 0.6 is 35.7 Å². The molecule has 0 aliphatic heterocycles. The van der Waals surface area contributed by atoms with Crippen LogP contribution in [0.5, 0.6) is 11.5 Å². The first-order valence-corrected chi connectivity index (χ1v) is 10.2. The van der Waals surface area contributed by atoms with Crippen molar-refractivity contribution in [2.75, 3.05) is 34.1 Å². The van der Waals surface area contributed by atoms with Crippen molar-refractivity contribution in [3.8, 4) is 11.5 Å². The number of hydrogen-bond acceptors (Lipinski definition) is 4. The molecule has 1 fully saturated rings. The number of guanidine groups is 1. The van der Waals surface area contributed by atoms with Crippen molar-refractivity contribution in [2.24, 2.45) is 4.99 Å². The van der Waals surface area contributed by atoms with Crippen LogP contribution in [0.2, 0.25) is 0 Å². The summed E-state index contributed by atoms with van der Waals surface area (Å²) in [7, 11) is 5.17. The molecule has 1 aliphatic rings. The van der Waals surface area contributed by atoms with Gasteiger partial charge in [-0.05, 0) is 56.1 Å². The number of aliphatic imine (C=N–C) groups is 1. The third-order valence-corrected chi connectivity index (χ3v) is 5.76. The van der Waals surface area contributed by atoms with Crippen molar-refractivity contribution in [3.63, 3.8) is 0 Å². The normalized spacial score (nSPS) is 19.6. The molecule has 2 N–H and O–H groups in total. The number of nitrogens with one attached hydrogen (secondary N) is 2. The lowest BCUT2D eigenvalue weighted by Crippen LogP contribution is -2.42. The van der Waals surface area contributed by atoms with Crippen LogP contribution in [0.15, 0.2) is 23.2 Å². The predicted octanol–water partition coefficient (Wildman–Crippen LogP) is 3.70. The Balaban J connectivity index is 0.00000338. The van der Waals surface area contributed by atoms with E-state index in [0.29, 0.717) is 6.04 Å². The van der Waals surface area contributed by atoms with Crippen molar-refractivity contribution in [1.82, 2.24) is 10.6 Å². The Labute approximate surface area is 179 Å². The summed E-state index contributed by atoms with van der Waals surface area (Å²) >= 11 is 1.98. The lowest BCUT2D eigenvalue weighted by Gasteiger charge is -2.17. The highest BCUT2D eigenvalue weighted by molar-refractivity contribution is 14.0. The number of methoxy groups -OCH3 is 2.